The second kappa shape index (κ2) is 10.7. The Morgan fingerprint density at radius 2 is 1.70 bits per heavy atom. The van der Waals surface area contributed by atoms with E-state index in [0.29, 0.717) is 12.0 Å². The lowest BCUT2D eigenvalue weighted by molar-refractivity contribution is -0.0524. The van der Waals surface area contributed by atoms with E-state index in [1.807, 2.05) is 0 Å². The molecule has 2 unspecified atom stereocenters. The van der Waals surface area contributed by atoms with Crippen LogP contribution in [0, 0.1) is 41.7 Å². The van der Waals surface area contributed by atoms with Crippen LogP contribution in [-0.4, -0.2) is 36.8 Å². The highest BCUT2D eigenvalue weighted by atomic mass is 19.2. The Morgan fingerprint density at radius 3 is 2.38 bits per heavy atom. The van der Waals surface area contributed by atoms with Gasteiger partial charge in [0.2, 0.25) is 6.30 Å². The van der Waals surface area contributed by atoms with Crippen LogP contribution in [0.1, 0.15) is 66.3 Å². The smallest absolute Gasteiger partial charge is 0.257 e. The molecule has 6 rings (SSSR count). The zero-order valence-corrected chi connectivity index (χ0v) is 21.1. The minimum absolute atomic E-state index is 0.0341. The molecule has 4 fully saturated rings. The molecule has 8 heteroatoms. The summed E-state index contributed by atoms with van der Waals surface area (Å²) in [4.78, 5) is 12.7. The summed E-state index contributed by atoms with van der Waals surface area (Å²) in [6.07, 6.45) is 5.01. The van der Waals surface area contributed by atoms with Gasteiger partial charge >= 0.3 is 0 Å². The van der Waals surface area contributed by atoms with Gasteiger partial charge in [-0.1, -0.05) is 24.3 Å². The molecule has 2 atom stereocenters. The van der Waals surface area contributed by atoms with Crippen molar-refractivity contribution < 1.29 is 27.8 Å². The van der Waals surface area contributed by atoms with Crippen molar-refractivity contribution in [1.82, 2.24) is 10.6 Å². The molecule has 0 aromatic heterocycles. The summed E-state index contributed by atoms with van der Waals surface area (Å²) < 4.78 is 48.3. The summed E-state index contributed by atoms with van der Waals surface area (Å²) in [5.41, 5.74) is -0.144. The summed E-state index contributed by atoms with van der Waals surface area (Å²) in [5.74, 6) is -0.538. The molecular weight excluding hydrogens is 481 g/mol. The summed E-state index contributed by atoms with van der Waals surface area (Å²) in [5, 5.41) is 16.0. The van der Waals surface area contributed by atoms with Crippen LogP contribution in [0.15, 0.2) is 36.4 Å². The van der Waals surface area contributed by atoms with Crippen LogP contribution < -0.4 is 15.4 Å². The third-order valence-electron chi connectivity index (χ3n) is 8.44. The van der Waals surface area contributed by atoms with E-state index in [4.69, 9.17) is 4.74 Å². The topological polar surface area (TPSA) is 70.6 Å². The molecule has 0 saturated heterocycles. The first kappa shape index (κ1) is 26.0. The number of aliphatic hydroxyl groups is 1. The van der Waals surface area contributed by atoms with Crippen molar-refractivity contribution in [2.24, 2.45) is 23.2 Å². The molecule has 0 radical (unpaired) electrons. The predicted molar refractivity (Wildman–Crippen MR) is 134 cm³/mol. The van der Waals surface area contributed by atoms with E-state index in [9.17, 15) is 23.1 Å². The average Bonchev–Trinajstić information content (AvgIpc) is 2.85. The zero-order valence-electron chi connectivity index (χ0n) is 21.1. The van der Waals surface area contributed by atoms with Gasteiger partial charge in [-0.2, -0.15) is 0 Å². The lowest BCUT2D eigenvalue weighted by Crippen LogP contribution is -2.51. The summed E-state index contributed by atoms with van der Waals surface area (Å²) in [6, 6.07) is 8.59. The maximum atomic E-state index is 14.7. The summed E-state index contributed by atoms with van der Waals surface area (Å²) in [7, 11) is 0. The van der Waals surface area contributed by atoms with Gasteiger partial charge in [-0.05, 0) is 86.3 Å². The summed E-state index contributed by atoms with van der Waals surface area (Å²) in [6.45, 7) is 2.60. The molecule has 1 amide bonds. The molecule has 3 N–H and O–H groups in total. The van der Waals surface area contributed by atoms with Gasteiger partial charge in [-0.25, -0.2) is 13.2 Å². The van der Waals surface area contributed by atoms with Crippen molar-refractivity contribution in [3.05, 3.63) is 64.7 Å². The molecule has 4 saturated carbocycles. The van der Waals surface area contributed by atoms with Crippen molar-refractivity contribution in [2.75, 3.05) is 19.7 Å². The standard InChI is InChI=1S/C29H35F3N2O3/c1-17-6-7-23(26(31)25(17)30)27(32)34-28(36)22-4-2-3-5-24(22)37-15-21(35)14-33-16-29-11-18-8-19(12-29)10-20(9-18)13-29/h2-7,18-21,27,33,35H,8-16H2,1H3,(H,34,36). The number of carbonyl (C=O) groups excluding carboxylic acids is 1. The van der Waals surface area contributed by atoms with Crippen molar-refractivity contribution in [2.45, 2.75) is 57.8 Å². The number of rotatable bonds is 10. The number of aliphatic hydroxyl groups excluding tert-OH is 1. The van der Waals surface area contributed by atoms with E-state index in [0.717, 1.165) is 30.4 Å². The number of aryl methyl sites for hydroxylation is 1. The fraction of sp³-hybridized carbons (Fsp3) is 0.552. The van der Waals surface area contributed by atoms with Crippen LogP contribution in [0.2, 0.25) is 0 Å². The number of halogens is 3. The highest BCUT2D eigenvalue weighted by Gasteiger charge is 2.50. The first-order chi connectivity index (χ1) is 17.7. The molecule has 4 aliphatic carbocycles. The van der Waals surface area contributed by atoms with Gasteiger partial charge in [0.15, 0.2) is 11.6 Å². The number of benzene rings is 2. The normalized spacial score (nSPS) is 27.6. The summed E-state index contributed by atoms with van der Waals surface area (Å²) >= 11 is 0. The molecule has 0 heterocycles. The lowest BCUT2D eigenvalue weighted by atomic mass is 9.49. The van der Waals surface area contributed by atoms with Crippen molar-refractivity contribution in [3.63, 3.8) is 0 Å². The molecule has 200 valence electrons. The van der Waals surface area contributed by atoms with Crippen molar-refractivity contribution in [3.8, 4) is 5.75 Å². The molecule has 4 aliphatic rings. The van der Waals surface area contributed by atoms with E-state index in [1.54, 1.807) is 18.2 Å². The average molecular weight is 517 g/mol. The van der Waals surface area contributed by atoms with Crippen molar-refractivity contribution >= 4 is 5.91 Å². The quantitative estimate of drug-likeness (QED) is 0.379. The van der Waals surface area contributed by atoms with Crippen molar-refractivity contribution in [1.29, 1.82) is 0 Å². The minimum Gasteiger partial charge on any atom is -0.490 e. The largest absolute Gasteiger partial charge is 0.490 e. The Bertz CT molecular complexity index is 1110. The third kappa shape index (κ3) is 5.65. The number of amides is 1. The molecule has 2 aromatic rings. The number of alkyl halides is 1. The third-order valence-corrected chi connectivity index (χ3v) is 8.44. The minimum atomic E-state index is -2.24. The molecular formula is C29H35F3N2O3. The SMILES string of the molecule is Cc1ccc(C(F)NC(=O)c2ccccc2OCC(O)CNCC23CC4CC(CC(C4)C2)C3)c(F)c1F. The van der Waals surface area contributed by atoms with Gasteiger partial charge in [-0.3, -0.25) is 4.79 Å². The van der Waals surface area contributed by atoms with E-state index in [-0.39, 0.29) is 23.5 Å². The van der Waals surface area contributed by atoms with E-state index in [2.05, 4.69) is 10.6 Å². The second-order valence-electron chi connectivity index (χ2n) is 11.4. The molecule has 2 aromatic carbocycles. The second-order valence-corrected chi connectivity index (χ2v) is 11.4. The Morgan fingerprint density at radius 1 is 1.05 bits per heavy atom. The van der Waals surface area contributed by atoms with Gasteiger partial charge in [0, 0.05) is 18.7 Å². The van der Waals surface area contributed by atoms with Crippen LogP contribution in [0.4, 0.5) is 13.2 Å². The maximum absolute atomic E-state index is 14.7. The van der Waals surface area contributed by atoms with Crippen LogP contribution in [0.5, 0.6) is 5.75 Å². The molecule has 4 bridgehead atoms. The molecule has 37 heavy (non-hydrogen) atoms. The predicted octanol–water partition coefficient (Wildman–Crippen LogP) is 5.22. The van der Waals surface area contributed by atoms with Gasteiger partial charge in [0.25, 0.3) is 5.91 Å². The number of hydrogen-bond donors (Lipinski definition) is 3. The first-order valence-corrected chi connectivity index (χ1v) is 13.2. The Balaban J connectivity index is 1.13. The molecule has 0 spiro atoms. The van der Waals surface area contributed by atoms with Crippen LogP contribution in [-0.2, 0) is 0 Å². The number of hydrogen-bond acceptors (Lipinski definition) is 4. The highest BCUT2D eigenvalue weighted by molar-refractivity contribution is 5.97. The van der Waals surface area contributed by atoms with Gasteiger partial charge in [0.1, 0.15) is 18.5 Å². The number of para-hydroxylation sites is 1. The van der Waals surface area contributed by atoms with Crippen LogP contribution in [0.3, 0.4) is 0 Å². The molecule has 0 aliphatic heterocycles. The van der Waals surface area contributed by atoms with E-state index < -0.39 is 35.5 Å². The number of carbonyl (C=O) groups is 1. The van der Waals surface area contributed by atoms with E-state index in [1.165, 1.54) is 57.6 Å². The van der Waals surface area contributed by atoms with E-state index >= 15 is 0 Å². The van der Waals surface area contributed by atoms with Gasteiger partial charge in [-0.15, -0.1) is 0 Å². The zero-order chi connectivity index (χ0) is 26.2. The Labute approximate surface area is 215 Å². The Kier molecular flexibility index (Phi) is 7.50. The number of ether oxygens (including phenoxy) is 1. The fourth-order valence-corrected chi connectivity index (χ4v) is 7.16. The monoisotopic (exact) mass is 516 g/mol. The Hall–Kier alpha value is -2.58. The lowest BCUT2D eigenvalue weighted by Gasteiger charge is -2.57. The van der Waals surface area contributed by atoms with Gasteiger partial charge < -0.3 is 20.5 Å². The van der Waals surface area contributed by atoms with Crippen LogP contribution >= 0.6 is 0 Å². The number of nitrogens with one attached hydrogen (secondary N) is 2. The first-order valence-electron chi connectivity index (χ1n) is 13.2. The van der Waals surface area contributed by atoms with Crippen LogP contribution in [0.25, 0.3) is 0 Å². The van der Waals surface area contributed by atoms with Gasteiger partial charge in [0.05, 0.1) is 5.56 Å². The maximum Gasteiger partial charge on any atom is 0.257 e. The highest BCUT2D eigenvalue weighted by Crippen LogP contribution is 2.59. The molecule has 5 nitrogen and oxygen atoms in total. The fourth-order valence-electron chi connectivity index (χ4n) is 7.16.